The van der Waals surface area contributed by atoms with Gasteiger partial charge in [0.2, 0.25) is 0 Å². The molecule has 0 spiro atoms. The Morgan fingerprint density at radius 2 is 2.04 bits per heavy atom. The first-order valence-electron chi connectivity index (χ1n) is 6.85. The van der Waals surface area contributed by atoms with E-state index in [-0.39, 0.29) is 12.5 Å². The third kappa shape index (κ3) is 4.56. The highest BCUT2D eigenvalue weighted by Gasteiger charge is 2.11. The van der Waals surface area contributed by atoms with Crippen molar-refractivity contribution in [2.75, 3.05) is 11.9 Å². The van der Waals surface area contributed by atoms with E-state index in [0.717, 1.165) is 15.6 Å². The molecule has 23 heavy (non-hydrogen) atoms. The molecule has 1 N–H and O–H groups in total. The number of aryl methyl sites for hydroxylation is 2. The number of amides is 1. The van der Waals surface area contributed by atoms with Crippen LogP contribution in [0.3, 0.4) is 0 Å². The monoisotopic (exact) mass is 395 g/mol. The van der Waals surface area contributed by atoms with E-state index in [9.17, 15) is 9.59 Å². The highest BCUT2D eigenvalue weighted by molar-refractivity contribution is 9.10. The number of ether oxygens (including phenoxy) is 1. The van der Waals surface area contributed by atoms with Crippen LogP contribution in [0.25, 0.3) is 0 Å². The van der Waals surface area contributed by atoms with E-state index in [1.165, 1.54) is 0 Å². The van der Waals surface area contributed by atoms with E-state index in [0.29, 0.717) is 28.3 Å². The van der Waals surface area contributed by atoms with Crippen molar-refractivity contribution in [3.05, 3.63) is 56.5 Å². The number of hydrogen-bond donors (Lipinski definition) is 1. The number of carbonyl (C=O) groups excluding carboxylic acids is 2. The maximum Gasteiger partial charge on any atom is 0.262 e. The number of aldehydes is 1. The second-order valence-corrected chi connectivity index (χ2v) is 6.40. The Hall–Kier alpha value is -1.85. The van der Waals surface area contributed by atoms with Crippen LogP contribution < -0.4 is 10.1 Å². The van der Waals surface area contributed by atoms with Crippen molar-refractivity contribution in [2.45, 2.75) is 13.8 Å². The Balaban J connectivity index is 2.05. The van der Waals surface area contributed by atoms with Crippen LogP contribution in [0, 0.1) is 13.8 Å². The Bertz CT molecular complexity index is 738. The van der Waals surface area contributed by atoms with Gasteiger partial charge in [0.25, 0.3) is 5.91 Å². The minimum atomic E-state index is -0.348. The number of benzene rings is 2. The van der Waals surface area contributed by atoms with Crippen LogP contribution in [0.5, 0.6) is 5.75 Å². The zero-order chi connectivity index (χ0) is 17.0. The molecule has 1 amide bonds. The van der Waals surface area contributed by atoms with Crippen molar-refractivity contribution >= 4 is 45.4 Å². The molecule has 0 bridgehead atoms. The molecule has 2 aromatic carbocycles. The van der Waals surface area contributed by atoms with E-state index in [1.807, 2.05) is 19.9 Å². The van der Waals surface area contributed by atoms with Gasteiger partial charge in [0, 0.05) is 4.47 Å². The lowest BCUT2D eigenvalue weighted by atomic mass is 10.1. The lowest BCUT2D eigenvalue weighted by Gasteiger charge is -2.13. The fraction of sp³-hybridized carbons (Fsp3) is 0.176. The molecule has 120 valence electrons. The van der Waals surface area contributed by atoms with Gasteiger partial charge in [-0.25, -0.2) is 0 Å². The molecule has 0 saturated heterocycles. The van der Waals surface area contributed by atoms with Crippen LogP contribution in [0.4, 0.5) is 5.69 Å². The molecular formula is C17H15BrClNO3. The maximum absolute atomic E-state index is 12.0. The number of carbonyl (C=O) groups is 2. The zero-order valence-corrected chi connectivity index (χ0v) is 15.0. The first-order chi connectivity index (χ1) is 10.9. The third-order valence-electron chi connectivity index (χ3n) is 3.15. The number of nitrogens with one attached hydrogen (secondary N) is 1. The van der Waals surface area contributed by atoms with Gasteiger partial charge < -0.3 is 10.1 Å². The fourth-order valence-electron chi connectivity index (χ4n) is 2.14. The molecule has 0 heterocycles. The number of anilines is 1. The summed E-state index contributed by atoms with van der Waals surface area (Å²) >= 11 is 9.43. The first-order valence-corrected chi connectivity index (χ1v) is 8.02. The second kappa shape index (κ2) is 7.62. The summed E-state index contributed by atoms with van der Waals surface area (Å²) in [5.74, 6) is 0.00342. The Kier molecular flexibility index (Phi) is 5.80. The van der Waals surface area contributed by atoms with Crippen molar-refractivity contribution in [1.82, 2.24) is 0 Å². The molecule has 0 radical (unpaired) electrons. The van der Waals surface area contributed by atoms with E-state index in [4.69, 9.17) is 16.3 Å². The highest BCUT2D eigenvalue weighted by Crippen LogP contribution is 2.27. The molecule has 0 atom stereocenters. The van der Waals surface area contributed by atoms with Gasteiger partial charge in [0.05, 0.1) is 16.3 Å². The molecular weight excluding hydrogens is 382 g/mol. The molecule has 0 saturated carbocycles. The average Bonchev–Trinajstić information content (AvgIpc) is 2.49. The van der Waals surface area contributed by atoms with Crippen molar-refractivity contribution in [3.8, 4) is 5.75 Å². The van der Waals surface area contributed by atoms with Crippen LogP contribution in [0.2, 0.25) is 5.02 Å². The number of rotatable bonds is 5. The van der Waals surface area contributed by atoms with Gasteiger partial charge in [0.15, 0.2) is 12.9 Å². The summed E-state index contributed by atoms with van der Waals surface area (Å²) in [7, 11) is 0. The summed E-state index contributed by atoms with van der Waals surface area (Å²) in [6.45, 7) is 3.59. The van der Waals surface area contributed by atoms with E-state index in [1.54, 1.807) is 24.3 Å². The minimum absolute atomic E-state index is 0.216. The summed E-state index contributed by atoms with van der Waals surface area (Å²) < 4.78 is 6.18. The topological polar surface area (TPSA) is 55.4 Å². The molecule has 6 heteroatoms. The minimum Gasteiger partial charge on any atom is -0.483 e. The fourth-order valence-corrected chi connectivity index (χ4v) is 2.88. The van der Waals surface area contributed by atoms with Gasteiger partial charge in [-0.15, -0.1) is 0 Å². The number of halogens is 2. The molecule has 2 aromatic rings. The van der Waals surface area contributed by atoms with Crippen LogP contribution >= 0.6 is 27.5 Å². The maximum atomic E-state index is 12.0. The molecule has 4 nitrogen and oxygen atoms in total. The molecule has 0 aliphatic rings. The molecule has 0 aliphatic heterocycles. The quantitative estimate of drug-likeness (QED) is 0.754. The summed E-state index contributed by atoms with van der Waals surface area (Å²) in [5, 5.41) is 3.21. The van der Waals surface area contributed by atoms with Gasteiger partial charge in [-0.1, -0.05) is 33.6 Å². The summed E-state index contributed by atoms with van der Waals surface area (Å²) in [4.78, 5) is 23.1. The predicted octanol–water partition coefficient (Wildman–Crippen LogP) is 4.55. The van der Waals surface area contributed by atoms with Gasteiger partial charge in [0.1, 0.15) is 5.75 Å². The van der Waals surface area contributed by atoms with Gasteiger partial charge >= 0.3 is 0 Å². The average molecular weight is 397 g/mol. The van der Waals surface area contributed by atoms with Crippen molar-refractivity contribution in [1.29, 1.82) is 0 Å². The van der Waals surface area contributed by atoms with E-state index < -0.39 is 0 Å². The zero-order valence-electron chi connectivity index (χ0n) is 12.7. The molecule has 0 aromatic heterocycles. The molecule has 0 fully saturated rings. The number of hydrogen-bond acceptors (Lipinski definition) is 3. The standard InChI is InChI=1S/C17H15BrClNO3/c1-10-5-11(2)17(14(19)6-10)20-16(22)9-23-15-4-3-13(18)7-12(15)8-21/h3-8H,9H2,1-2H3,(H,20,22). The largest absolute Gasteiger partial charge is 0.483 e. The van der Waals surface area contributed by atoms with Crippen LogP contribution in [-0.2, 0) is 4.79 Å². The lowest BCUT2D eigenvalue weighted by molar-refractivity contribution is -0.118. The van der Waals surface area contributed by atoms with Gasteiger partial charge in [-0.05, 0) is 49.2 Å². The van der Waals surface area contributed by atoms with Crippen LogP contribution in [0.15, 0.2) is 34.8 Å². The van der Waals surface area contributed by atoms with Crippen molar-refractivity contribution in [2.24, 2.45) is 0 Å². The lowest BCUT2D eigenvalue weighted by Crippen LogP contribution is -2.21. The second-order valence-electron chi connectivity index (χ2n) is 5.08. The summed E-state index contributed by atoms with van der Waals surface area (Å²) in [5.41, 5.74) is 2.84. The van der Waals surface area contributed by atoms with Crippen LogP contribution in [0.1, 0.15) is 21.5 Å². The summed E-state index contributed by atoms with van der Waals surface area (Å²) in [6, 6.07) is 8.71. The Labute approximate surface area is 147 Å². The molecule has 0 unspecified atom stereocenters. The van der Waals surface area contributed by atoms with E-state index >= 15 is 0 Å². The summed E-state index contributed by atoms with van der Waals surface area (Å²) in [6.07, 6.45) is 0.680. The van der Waals surface area contributed by atoms with Crippen molar-refractivity contribution in [3.63, 3.8) is 0 Å². The SMILES string of the molecule is Cc1cc(C)c(NC(=O)COc2ccc(Br)cc2C=O)c(Cl)c1. The Morgan fingerprint density at radius 1 is 1.30 bits per heavy atom. The smallest absolute Gasteiger partial charge is 0.262 e. The highest BCUT2D eigenvalue weighted by atomic mass is 79.9. The Morgan fingerprint density at radius 3 is 2.70 bits per heavy atom. The van der Waals surface area contributed by atoms with Crippen LogP contribution in [-0.4, -0.2) is 18.8 Å². The molecule has 0 aliphatic carbocycles. The van der Waals surface area contributed by atoms with E-state index in [2.05, 4.69) is 21.2 Å². The first kappa shape index (κ1) is 17.5. The normalized spacial score (nSPS) is 10.3. The molecule has 2 rings (SSSR count). The van der Waals surface area contributed by atoms with Gasteiger partial charge in [-0.3, -0.25) is 9.59 Å². The predicted molar refractivity (Wildman–Crippen MR) is 94.6 cm³/mol. The van der Waals surface area contributed by atoms with Crippen molar-refractivity contribution < 1.29 is 14.3 Å². The van der Waals surface area contributed by atoms with Gasteiger partial charge in [-0.2, -0.15) is 0 Å². The third-order valence-corrected chi connectivity index (χ3v) is 3.95.